The summed E-state index contributed by atoms with van der Waals surface area (Å²) in [7, 11) is -3.48. The number of rotatable bonds is 4. The van der Waals surface area contributed by atoms with Crippen molar-refractivity contribution in [1.29, 1.82) is 0 Å². The van der Waals surface area contributed by atoms with Gasteiger partial charge in [0, 0.05) is 12.3 Å². The molecule has 2 unspecified atom stereocenters. The predicted molar refractivity (Wildman–Crippen MR) is 114 cm³/mol. The van der Waals surface area contributed by atoms with Gasteiger partial charge in [0.2, 0.25) is 0 Å². The fourth-order valence-electron chi connectivity index (χ4n) is 4.85. The maximum absolute atomic E-state index is 13.0. The Hall–Kier alpha value is -1.18. The van der Waals surface area contributed by atoms with Gasteiger partial charge >= 0.3 is 7.12 Å². The van der Waals surface area contributed by atoms with E-state index in [1.165, 1.54) is 0 Å². The first-order valence-electron chi connectivity index (χ1n) is 10.7. The van der Waals surface area contributed by atoms with Crippen LogP contribution >= 0.6 is 0 Å². The average Bonchev–Trinajstić information content (AvgIpc) is 2.82. The SMILES string of the molecule is CC1(C)OB(c2cccc(CC(=O)C3CC4CCCC(C3)S4(=O)=O)c2)OC1(C)C. The van der Waals surface area contributed by atoms with Crippen LogP contribution in [-0.4, -0.2) is 43.0 Å². The van der Waals surface area contributed by atoms with Crippen LogP contribution in [0.25, 0.3) is 0 Å². The Morgan fingerprint density at radius 2 is 1.66 bits per heavy atom. The van der Waals surface area contributed by atoms with Gasteiger partial charge in [-0.3, -0.25) is 4.79 Å². The third-order valence-corrected chi connectivity index (χ3v) is 10.1. The molecule has 5 nitrogen and oxygen atoms in total. The number of benzene rings is 1. The second-order valence-corrected chi connectivity index (χ2v) is 12.4. The Labute approximate surface area is 174 Å². The summed E-state index contributed by atoms with van der Waals surface area (Å²) >= 11 is 0. The molecule has 4 rings (SSSR count). The van der Waals surface area contributed by atoms with E-state index in [-0.39, 0.29) is 22.2 Å². The number of carbonyl (C=O) groups is 1. The Morgan fingerprint density at radius 1 is 1.07 bits per heavy atom. The van der Waals surface area contributed by atoms with E-state index in [2.05, 4.69) is 0 Å². The summed E-state index contributed by atoms with van der Waals surface area (Å²) in [5.74, 6) is 0.0113. The molecule has 3 fully saturated rings. The fourth-order valence-corrected chi connectivity index (χ4v) is 7.38. The number of Topliss-reactive ketones (excluding diaryl/α,β-unsaturated/α-hetero) is 1. The van der Waals surface area contributed by atoms with Gasteiger partial charge in [0.1, 0.15) is 5.78 Å². The second-order valence-electron chi connectivity index (χ2n) is 9.91. The van der Waals surface area contributed by atoms with Gasteiger partial charge in [-0.2, -0.15) is 0 Å². The molecule has 2 atom stereocenters. The molecule has 29 heavy (non-hydrogen) atoms. The number of hydrogen-bond acceptors (Lipinski definition) is 5. The Bertz CT molecular complexity index is 872. The summed E-state index contributed by atoms with van der Waals surface area (Å²) in [6.45, 7) is 8.09. The van der Waals surface area contributed by atoms with E-state index in [0.29, 0.717) is 32.1 Å². The van der Waals surface area contributed by atoms with Crippen LogP contribution in [0.2, 0.25) is 0 Å². The molecular weight excluding hydrogens is 387 g/mol. The first-order valence-corrected chi connectivity index (χ1v) is 12.3. The predicted octanol–water partition coefficient (Wildman–Crippen LogP) is 2.84. The van der Waals surface area contributed by atoms with Crippen LogP contribution in [0.3, 0.4) is 0 Å². The smallest absolute Gasteiger partial charge is 0.399 e. The van der Waals surface area contributed by atoms with E-state index >= 15 is 0 Å². The lowest BCUT2D eigenvalue weighted by molar-refractivity contribution is -0.122. The minimum atomic E-state index is -3.03. The van der Waals surface area contributed by atoms with Crippen molar-refractivity contribution in [2.45, 2.75) is 87.9 Å². The molecule has 3 heterocycles. The van der Waals surface area contributed by atoms with Gasteiger partial charge in [0.05, 0.1) is 21.7 Å². The molecular formula is C22H31BO5S. The van der Waals surface area contributed by atoms with Gasteiger partial charge in [-0.05, 0) is 64.4 Å². The minimum absolute atomic E-state index is 0.144. The largest absolute Gasteiger partial charge is 0.494 e. The summed E-state index contributed by atoms with van der Waals surface area (Å²) in [5.41, 5.74) is 1.03. The van der Waals surface area contributed by atoms with E-state index in [1.807, 2.05) is 52.0 Å². The summed E-state index contributed by atoms with van der Waals surface area (Å²) < 4.78 is 37.2. The molecule has 0 aromatic heterocycles. The van der Waals surface area contributed by atoms with E-state index in [9.17, 15) is 13.2 Å². The van der Waals surface area contributed by atoms with Crippen molar-refractivity contribution in [3.63, 3.8) is 0 Å². The molecule has 1 aromatic rings. The van der Waals surface area contributed by atoms with Gasteiger partial charge in [0.25, 0.3) is 0 Å². The van der Waals surface area contributed by atoms with Crippen LogP contribution in [0.1, 0.15) is 65.4 Å². The van der Waals surface area contributed by atoms with Crippen molar-refractivity contribution in [2.24, 2.45) is 5.92 Å². The molecule has 0 radical (unpaired) electrons. The van der Waals surface area contributed by atoms with Crippen LogP contribution < -0.4 is 5.46 Å². The zero-order valence-corrected chi connectivity index (χ0v) is 18.6. The van der Waals surface area contributed by atoms with E-state index < -0.39 is 28.2 Å². The van der Waals surface area contributed by atoms with Crippen molar-refractivity contribution < 1.29 is 22.5 Å². The first kappa shape index (κ1) is 21.1. The number of ketones is 1. The highest BCUT2D eigenvalue weighted by Gasteiger charge is 2.51. The maximum Gasteiger partial charge on any atom is 0.494 e. The molecule has 3 aliphatic heterocycles. The molecule has 3 aliphatic rings. The Balaban J connectivity index is 1.46. The highest BCUT2D eigenvalue weighted by molar-refractivity contribution is 7.92. The number of hydrogen-bond donors (Lipinski definition) is 0. The first-order chi connectivity index (χ1) is 13.5. The number of carbonyl (C=O) groups excluding carboxylic acids is 1. The lowest BCUT2D eigenvalue weighted by Crippen LogP contribution is -2.45. The molecule has 1 aromatic carbocycles. The topological polar surface area (TPSA) is 69.7 Å². The Kier molecular flexibility index (Phi) is 5.24. The van der Waals surface area contributed by atoms with Crippen molar-refractivity contribution in [1.82, 2.24) is 0 Å². The van der Waals surface area contributed by atoms with E-state index in [0.717, 1.165) is 17.4 Å². The summed E-state index contributed by atoms with van der Waals surface area (Å²) in [6.07, 6.45) is 3.70. The number of sulfone groups is 1. The van der Waals surface area contributed by atoms with Crippen LogP contribution in [0.4, 0.5) is 0 Å². The number of fused-ring (bicyclic) bond motifs is 2. The highest BCUT2D eigenvalue weighted by Crippen LogP contribution is 2.40. The van der Waals surface area contributed by atoms with Crippen LogP contribution in [0.5, 0.6) is 0 Å². The lowest BCUT2D eigenvalue weighted by Gasteiger charge is -2.38. The Morgan fingerprint density at radius 3 is 2.24 bits per heavy atom. The minimum Gasteiger partial charge on any atom is -0.399 e. The van der Waals surface area contributed by atoms with Crippen LogP contribution in [0, 0.1) is 5.92 Å². The van der Waals surface area contributed by atoms with Crippen LogP contribution in [-0.2, 0) is 30.4 Å². The summed E-state index contributed by atoms with van der Waals surface area (Å²) in [6, 6.07) is 7.84. The molecule has 0 spiro atoms. The van der Waals surface area contributed by atoms with Crippen molar-refractivity contribution >= 4 is 28.2 Å². The van der Waals surface area contributed by atoms with Crippen molar-refractivity contribution in [3.05, 3.63) is 29.8 Å². The van der Waals surface area contributed by atoms with Crippen LogP contribution in [0.15, 0.2) is 24.3 Å². The van der Waals surface area contributed by atoms with E-state index in [4.69, 9.17) is 9.31 Å². The third kappa shape index (κ3) is 3.82. The van der Waals surface area contributed by atoms with Gasteiger partial charge < -0.3 is 9.31 Å². The highest BCUT2D eigenvalue weighted by atomic mass is 32.2. The average molecular weight is 418 g/mol. The fraction of sp³-hybridized carbons (Fsp3) is 0.682. The second kappa shape index (κ2) is 7.21. The maximum atomic E-state index is 13.0. The van der Waals surface area contributed by atoms with Gasteiger partial charge in [0.15, 0.2) is 9.84 Å². The molecule has 7 heteroatoms. The van der Waals surface area contributed by atoms with Crippen molar-refractivity contribution in [2.75, 3.05) is 0 Å². The zero-order valence-electron chi connectivity index (χ0n) is 17.8. The van der Waals surface area contributed by atoms with E-state index in [1.54, 1.807) is 0 Å². The van der Waals surface area contributed by atoms with Crippen molar-refractivity contribution in [3.8, 4) is 0 Å². The molecule has 2 bridgehead atoms. The third-order valence-electron chi connectivity index (χ3n) is 7.39. The van der Waals surface area contributed by atoms with Gasteiger partial charge in [-0.1, -0.05) is 30.7 Å². The molecule has 0 amide bonds. The molecule has 0 N–H and O–H groups in total. The monoisotopic (exact) mass is 418 g/mol. The molecule has 0 aliphatic carbocycles. The lowest BCUT2D eigenvalue weighted by atomic mass is 9.77. The zero-order chi connectivity index (χ0) is 21.0. The summed E-state index contributed by atoms with van der Waals surface area (Å²) in [4.78, 5) is 13.0. The van der Waals surface area contributed by atoms with Gasteiger partial charge in [-0.15, -0.1) is 0 Å². The standard InChI is InChI=1S/C22H31BO5S/c1-21(2)22(3,4)28-23(27-21)17-8-5-7-15(11-17)12-20(24)16-13-18-9-6-10-19(14-16)29(18,25)26/h5,7-8,11,16,18-19H,6,9-10,12-14H2,1-4H3. The van der Waals surface area contributed by atoms with Gasteiger partial charge in [-0.25, -0.2) is 8.42 Å². The summed E-state index contributed by atoms with van der Waals surface area (Å²) in [5, 5.41) is -0.639. The normalized spacial score (nSPS) is 32.1. The molecule has 158 valence electrons. The molecule has 0 saturated carbocycles. The molecule has 3 saturated heterocycles. The quantitative estimate of drug-likeness (QED) is 0.704.